The third kappa shape index (κ3) is 4.49. The lowest BCUT2D eigenvalue weighted by Gasteiger charge is -2.19. The Hall–Kier alpha value is -3.67. The third-order valence-electron chi connectivity index (χ3n) is 4.91. The Balaban J connectivity index is 1.68. The molecule has 0 radical (unpaired) electrons. The fraction of sp³-hybridized carbons (Fsp3) is 0.208. The van der Waals surface area contributed by atoms with Crippen LogP contribution in [0.2, 0.25) is 0 Å². The van der Waals surface area contributed by atoms with Crippen molar-refractivity contribution in [3.8, 4) is 0 Å². The van der Waals surface area contributed by atoms with Crippen molar-refractivity contribution < 1.29 is 19.1 Å². The van der Waals surface area contributed by atoms with Gasteiger partial charge in [-0.25, -0.2) is 4.79 Å². The van der Waals surface area contributed by atoms with Crippen molar-refractivity contribution in [3.05, 3.63) is 77.9 Å². The van der Waals surface area contributed by atoms with Gasteiger partial charge in [0, 0.05) is 18.5 Å². The SMILES string of the molecule is CC(=O)Nc1cc2ccccc2cc1C(=O)OC(C(=O)NC1CC1)c1ccccc1. The van der Waals surface area contributed by atoms with Gasteiger partial charge in [0.2, 0.25) is 12.0 Å². The molecule has 1 aliphatic carbocycles. The minimum atomic E-state index is -1.07. The standard InChI is InChI=1S/C24H22N2O4/c1-15(27)25-21-14-18-10-6-5-9-17(18)13-20(21)24(29)30-22(16-7-3-2-4-8-16)23(28)26-19-11-12-19/h2-10,13-14,19,22H,11-12H2,1H3,(H,25,27)(H,26,28). The number of hydrogen-bond acceptors (Lipinski definition) is 4. The van der Waals surface area contributed by atoms with Crippen molar-refractivity contribution >= 4 is 34.2 Å². The summed E-state index contributed by atoms with van der Waals surface area (Å²) in [6.07, 6.45) is 0.785. The molecular weight excluding hydrogens is 380 g/mol. The van der Waals surface area contributed by atoms with Gasteiger partial charge in [0.05, 0.1) is 11.3 Å². The summed E-state index contributed by atoms with van der Waals surface area (Å²) < 4.78 is 5.68. The second kappa shape index (κ2) is 8.37. The Kier molecular flexibility index (Phi) is 5.48. The molecule has 1 saturated carbocycles. The van der Waals surface area contributed by atoms with E-state index in [4.69, 9.17) is 4.74 Å². The molecule has 30 heavy (non-hydrogen) atoms. The molecule has 3 aromatic rings. The van der Waals surface area contributed by atoms with E-state index in [9.17, 15) is 14.4 Å². The van der Waals surface area contributed by atoms with Crippen molar-refractivity contribution in [2.24, 2.45) is 0 Å². The highest BCUT2D eigenvalue weighted by Gasteiger charge is 2.31. The summed E-state index contributed by atoms with van der Waals surface area (Å²) in [7, 11) is 0. The molecule has 0 saturated heterocycles. The van der Waals surface area contributed by atoms with Crippen LogP contribution in [0.1, 0.15) is 41.8 Å². The van der Waals surface area contributed by atoms with Crippen LogP contribution in [0.4, 0.5) is 5.69 Å². The summed E-state index contributed by atoms with van der Waals surface area (Å²) >= 11 is 0. The minimum absolute atomic E-state index is 0.137. The number of hydrogen-bond donors (Lipinski definition) is 2. The van der Waals surface area contributed by atoms with Crippen molar-refractivity contribution in [1.82, 2.24) is 5.32 Å². The lowest BCUT2D eigenvalue weighted by molar-refractivity contribution is -0.130. The maximum atomic E-state index is 13.1. The summed E-state index contributed by atoms with van der Waals surface area (Å²) in [4.78, 5) is 37.6. The quantitative estimate of drug-likeness (QED) is 0.611. The van der Waals surface area contributed by atoms with E-state index in [1.54, 1.807) is 36.4 Å². The van der Waals surface area contributed by atoms with Gasteiger partial charge in [-0.05, 0) is 35.7 Å². The van der Waals surface area contributed by atoms with E-state index < -0.39 is 12.1 Å². The first-order chi connectivity index (χ1) is 14.5. The van der Waals surface area contributed by atoms with Crippen LogP contribution in [0, 0.1) is 0 Å². The molecule has 0 spiro atoms. The number of nitrogens with one attached hydrogen (secondary N) is 2. The Morgan fingerprint density at radius 3 is 2.20 bits per heavy atom. The van der Waals surface area contributed by atoms with Crippen molar-refractivity contribution in [3.63, 3.8) is 0 Å². The molecule has 2 amide bonds. The summed E-state index contributed by atoms with van der Waals surface area (Å²) in [5.41, 5.74) is 1.13. The molecule has 0 heterocycles. The number of rotatable bonds is 6. The normalized spacial score (nSPS) is 14.0. The first-order valence-electron chi connectivity index (χ1n) is 9.88. The predicted octanol–water partition coefficient (Wildman–Crippen LogP) is 3.97. The van der Waals surface area contributed by atoms with Gasteiger partial charge in [-0.15, -0.1) is 0 Å². The van der Waals surface area contributed by atoms with Crippen LogP contribution >= 0.6 is 0 Å². The van der Waals surface area contributed by atoms with Gasteiger partial charge in [0.25, 0.3) is 5.91 Å². The maximum absolute atomic E-state index is 13.1. The van der Waals surface area contributed by atoms with Crippen LogP contribution < -0.4 is 10.6 Å². The van der Waals surface area contributed by atoms with E-state index in [0.29, 0.717) is 11.3 Å². The van der Waals surface area contributed by atoms with Crippen LogP contribution in [0.25, 0.3) is 10.8 Å². The zero-order chi connectivity index (χ0) is 21.1. The van der Waals surface area contributed by atoms with Gasteiger partial charge in [-0.2, -0.15) is 0 Å². The average molecular weight is 402 g/mol. The number of benzene rings is 3. The van der Waals surface area contributed by atoms with Crippen LogP contribution in [-0.4, -0.2) is 23.8 Å². The van der Waals surface area contributed by atoms with Gasteiger partial charge in [0.1, 0.15) is 0 Å². The van der Waals surface area contributed by atoms with Crippen molar-refractivity contribution in [1.29, 1.82) is 0 Å². The van der Waals surface area contributed by atoms with Crippen LogP contribution in [-0.2, 0) is 14.3 Å². The molecule has 1 aliphatic rings. The number of amides is 2. The van der Waals surface area contributed by atoms with E-state index in [1.165, 1.54) is 6.92 Å². The van der Waals surface area contributed by atoms with E-state index in [0.717, 1.165) is 23.6 Å². The molecule has 0 aliphatic heterocycles. The lowest BCUT2D eigenvalue weighted by Crippen LogP contribution is -2.33. The number of anilines is 1. The maximum Gasteiger partial charge on any atom is 0.341 e. The lowest BCUT2D eigenvalue weighted by atomic mass is 10.0. The monoisotopic (exact) mass is 402 g/mol. The van der Waals surface area contributed by atoms with Gasteiger partial charge >= 0.3 is 5.97 Å². The second-order valence-electron chi connectivity index (χ2n) is 7.41. The Labute approximate surface area is 174 Å². The van der Waals surface area contributed by atoms with Gasteiger partial charge < -0.3 is 15.4 Å². The molecule has 6 nitrogen and oxygen atoms in total. The smallest absolute Gasteiger partial charge is 0.341 e. The highest BCUT2D eigenvalue weighted by molar-refractivity contribution is 6.06. The van der Waals surface area contributed by atoms with E-state index in [1.807, 2.05) is 30.3 Å². The topological polar surface area (TPSA) is 84.5 Å². The minimum Gasteiger partial charge on any atom is -0.444 e. The molecule has 6 heteroatoms. The molecule has 152 valence electrons. The van der Waals surface area contributed by atoms with Crippen molar-refractivity contribution in [2.45, 2.75) is 31.9 Å². The van der Waals surface area contributed by atoms with Gasteiger partial charge in [-0.1, -0.05) is 54.6 Å². The number of esters is 1. The summed E-state index contributed by atoms with van der Waals surface area (Å²) in [6, 6.07) is 20.0. The van der Waals surface area contributed by atoms with Crippen molar-refractivity contribution in [2.75, 3.05) is 5.32 Å². The molecule has 1 fully saturated rings. The van der Waals surface area contributed by atoms with E-state index >= 15 is 0 Å². The molecular formula is C24H22N2O4. The zero-order valence-corrected chi connectivity index (χ0v) is 16.6. The average Bonchev–Trinajstić information content (AvgIpc) is 3.55. The van der Waals surface area contributed by atoms with Crippen LogP contribution in [0.3, 0.4) is 0 Å². The number of ether oxygens (including phenoxy) is 1. The summed E-state index contributed by atoms with van der Waals surface area (Å²) in [5.74, 6) is -1.33. The summed E-state index contributed by atoms with van der Waals surface area (Å²) in [6.45, 7) is 1.38. The van der Waals surface area contributed by atoms with E-state index in [-0.39, 0.29) is 23.4 Å². The highest BCUT2D eigenvalue weighted by Crippen LogP contribution is 2.28. The largest absolute Gasteiger partial charge is 0.444 e. The molecule has 1 atom stereocenters. The molecule has 3 aromatic carbocycles. The van der Waals surface area contributed by atoms with Crippen LogP contribution in [0.15, 0.2) is 66.7 Å². The number of fused-ring (bicyclic) bond motifs is 1. The highest BCUT2D eigenvalue weighted by atomic mass is 16.5. The first-order valence-corrected chi connectivity index (χ1v) is 9.88. The number of carbonyl (C=O) groups is 3. The molecule has 0 bridgehead atoms. The summed E-state index contributed by atoms with van der Waals surface area (Å²) in [5, 5.41) is 7.30. The fourth-order valence-electron chi connectivity index (χ4n) is 3.28. The first kappa shape index (κ1) is 19.6. The van der Waals surface area contributed by atoms with Gasteiger partial charge in [0.15, 0.2) is 0 Å². The zero-order valence-electron chi connectivity index (χ0n) is 16.6. The van der Waals surface area contributed by atoms with Crippen LogP contribution in [0.5, 0.6) is 0 Å². The predicted molar refractivity (Wildman–Crippen MR) is 114 cm³/mol. The molecule has 1 unspecified atom stereocenters. The number of carbonyl (C=O) groups excluding carboxylic acids is 3. The second-order valence-corrected chi connectivity index (χ2v) is 7.41. The third-order valence-corrected chi connectivity index (χ3v) is 4.91. The van der Waals surface area contributed by atoms with E-state index in [2.05, 4.69) is 10.6 Å². The molecule has 4 rings (SSSR count). The Bertz CT molecular complexity index is 1110. The Morgan fingerprint density at radius 2 is 1.57 bits per heavy atom. The van der Waals surface area contributed by atoms with Gasteiger partial charge in [-0.3, -0.25) is 9.59 Å². The fourth-order valence-corrected chi connectivity index (χ4v) is 3.28. The Morgan fingerprint density at radius 1 is 0.933 bits per heavy atom. The molecule has 2 N–H and O–H groups in total. The molecule has 0 aromatic heterocycles.